The van der Waals surface area contributed by atoms with E-state index in [2.05, 4.69) is 68.8 Å². The van der Waals surface area contributed by atoms with Gasteiger partial charge in [-0.3, -0.25) is 9.78 Å². The fraction of sp³-hybridized carbons (Fsp3) is 0.125. The highest BCUT2D eigenvalue weighted by atomic mass is 16.1. The van der Waals surface area contributed by atoms with Crippen LogP contribution >= 0.6 is 0 Å². The zero-order valence-corrected chi connectivity index (χ0v) is 16.0. The van der Waals surface area contributed by atoms with Crippen molar-refractivity contribution in [1.29, 1.82) is 0 Å². The number of nitrogens with zero attached hydrogens (tertiary/aromatic N) is 2. The zero-order chi connectivity index (χ0) is 19.9. The van der Waals surface area contributed by atoms with Crippen LogP contribution in [0.3, 0.4) is 0 Å². The van der Waals surface area contributed by atoms with E-state index in [-0.39, 0.29) is 11.5 Å². The van der Waals surface area contributed by atoms with Crippen LogP contribution in [0.2, 0.25) is 0 Å². The quantitative estimate of drug-likeness (QED) is 0.495. The van der Waals surface area contributed by atoms with Crippen LogP contribution in [0.25, 0.3) is 11.3 Å². The first kappa shape index (κ1) is 18.6. The lowest BCUT2D eigenvalue weighted by Crippen LogP contribution is -2.15. The van der Waals surface area contributed by atoms with Gasteiger partial charge < -0.3 is 10.3 Å². The van der Waals surface area contributed by atoms with Crippen molar-refractivity contribution in [2.24, 2.45) is 0 Å². The molecule has 0 aliphatic carbocycles. The predicted molar refractivity (Wildman–Crippen MR) is 116 cm³/mol. The third-order valence-electron chi connectivity index (χ3n) is 4.86. The maximum Gasteiger partial charge on any atom is 0.275 e. The second kappa shape index (κ2) is 8.97. The minimum atomic E-state index is -0.277. The molecule has 0 aliphatic rings. The highest BCUT2D eigenvalue weighted by Crippen LogP contribution is 2.27. The molecule has 0 spiro atoms. The maximum absolute atomic E-state index is 12.0. The number of hydrogen-bond donors (Lipinski definition) is 2. The molecule has 5 heteroatoms. The average molecular weight is 382 g/mol. The summed E-state index contributed by atoms with van der Waals surface area (Å²) in [6.07, 6.45) is 4.27. The molecule has 0 radical (unpaired) electrons. The number of pyridine rings is 1. The van der Waals surface area contributed by atoms with E-state index in [9.17, 15) is 4.79 Å². The molecular formula is C24H22N4O. The first-order valence-electron chi connectivity index (χ1n) is 9.65. The summed E-state index contributed by atoms with van der Waals surface area (Å²) >= 11 is 0. The Morgan fingerprint density at radius 1 is 0.862 bits per heavy atom. The monoisotopic (exact) mass is 382 g/mol. The number of aromatic nitrogens is 3. The molecule has 144 valence electrons. The number of aromatic amines is 1. The number of hydrogen-bond acceptors (Lipinski definition) is 4. The molecule has 4 aromatic rings. The van der Waals surface area contributed by atoms with Gasteiger partial charge in [0, 0.05) is 36.5 Å². The van der Waals surface area contributed by atoms with E-state index in [0.717, 1.165) is 17.7 Å². The number of anilines is 1. The van der Waals surface area contributed by atoms with Crippen LogP contribution in [0.4, 0.5) is 5.95 Å². The van der Waals surface area contributed by atoms with E-state index in [4.69, 9.17) is 0 Å². The Morgan fingerprint density at radius 2 is 1.48 bits per heavy atom. The van der Waals surface area contributed by atoms with Gasteiger partial charge in [0.05, 0.1) is 5.69 Å². The highest BCUT2D eigenvalue weighted by Gasteiger charge is 2.13. The molecule has 0 unspecified atom stereocenters. The van der Waals surface area contributed by atoms with E-state index in [1.54, 1.807) is 12.4 Å². The van der Waals surface area contributed by atoms with Crippen molar-refractivity contribution in [2.75, 3.05) is 11.9 Å². The minimum Gasteiger partial charge on any atom is -0.356 e. The summed E-state index contributed by atoms with van der Waals surface area (Å²) in [4.78, 5) is 23.3. The van der Waals surface area contributed by atoms with Crippen molar-refractivity contribution >= 4 is 5.95 Å². The number of benzene rings is 2. The van der Waals surface area contributed by atoms with Gasteiger partial charge in [0.1, 0.15) is 0 Å². The fourth-order valence-corrected chi connectivity index (χ4v) is 3.46. The minimum absolute atomic E-state index is 0.264. The molecule has 0 saturated heterocycles. The van der Waals surface area contributed by atoms with Gasteiger partial charge >= 0.3 is 0 Å². The van der Waals surface area contributed by atoms with Gasteiger partial charge in [-0.2, -0.15) is 4.98 Å². The van der Waals surface area contributed by atoms with Crippen LogP contribution in [0.5, 0.6) is 0 Å². The Balaban J connectivity index is 1.51. The normalized spacial score (nSPS) is 10.8. The summed E-state index contributed by atoms with van der Waals surface area (Å²) in [6.45, 7) is 0.678. The number of H-pyrrole nitrogens is 1. The number of rotatable bonds is 7. The largest absolute Gasteiger partial charge is 0.356 e. The van der Waals surface area contributed by atoms with E-state index in [1.807, 2.05) is 24.3 Å². The van der Waals surface area contributed by atoms with Crippen molar-refractivity contribution in [1.82, 2.24) is 15.0 Å². The number of nitrogens with one attached hydrogen (secondary N) is 2. The van der Waals surface area contributed by atoms with Crippen LogP contribution in [0, 0.1) is 0 Å². The van der Waals surface area contributed by atoms with Crippen molar-refractivity contribution in [3.05, 3.63) is 113 Å². The van der Waals surface area contributed by atoms with Crippen LogP contribution in [-0.4, -0.2) is 21.5 Å². The molecule has 0 atom stereocenters. The molecule has 0 saturated carbocycles. The highest BCUT2D eigenvalue weighted by molar-refractivity contribution is 5.59. The van der Waals surface area contributed by atoms with Gasteiger partial charge in [0.25, 0.3) is 5.56 Å². The molecule has 0 amide bonds. The first-order valence-corrected chi connectivity index (χ1v) is 9.65. The average Bonchev–Trinajstić information content (AvgIpc) is 2.78. The third-order valence-corrected chi connectivity index (χ3v) is 4.86. The molecule has 0 aliphatic heterocycles. The first-order chi connectivity index (χ1) is 14.3. The van der Waals surface area contributed by atoms with E-state index in [1.165, 1.54) is 17.2 Å². The van der Waals surface area contributed by atoms with Gasteiger partial charge in [0.2, 0.25) is 5.95 Å². The van der Waals surface area contributed by atoms with Crippen LogP contribution in [-0.2, 0) is 0 Å². The van der Waals surface area contributed by atoms with Crippen molar-refractivity contribution < 1.29 is 0 Å². The lowest BCUT2D eigenvalue weighted by atomic mass is 9.88. The summed E-state index contributed by atoms with van der Waals surface area (Å²) in [7, 11) is 0. The SMILES string of the molecule is O=c1cc(-c2ccncc2)[nH]c(NCCC(c2ccccc2)c2ccccc2)n1. The van der Waals surface area contributed by atoms with Crippen molar-refractivity contribution in [2.45, 2.75) is 12.3 Å². The van der Waals surface area contributed by atoms with Crippen LogP contribution in [0.1, 0.15) is 23.5 Å². The molecule has 4 rings (SSSR count). The van der Waals surface area contributed by atoms with Gasteiger partial charge in [-0.1, -0.05) is 60.7 Å². The summed E-state index contributed by atoms with van der Waals surface area (Å²) in [5.41, 5.74) is 3.88. The van der Waals surface area contributed by atoms with Gasteiger partial charge in [-0.25, -0.2) is 0 Å². The summed E-state index contributed by atoms with van der Waals surface area (Å²) in [5, 5.41) is 3.28. The Morgan fingerprint density at radius 3 is 2.10 bits per heavy atom. The lowest BCUT2D eigenvalue weighted by Gasteiger charge is -2.18. The predicted octanol–water partition coefficient (Wildman–Crippen LogP) is 4.47. The van der Waals surface area contributed by atoms with E-state index in [0.29, 0.717) is 12.5 Å². The van der Waals surface area contributed by atoms with Crippen LogP contribution < -0.4 is 10.9 Å². The standard InChI is InChI=1S/C24H22N4O/c29-23-17-22(20-11-14-25-15-12-20)27-24(28-23)26-16-13-21(18-7-3-1-4-8-18)19-9-5-2-6-10-19/h1-12,14-15,17,21H,13,16H2,(H2,26,27,28,29). The third kappa shape index (κ3) is 4.76. The maximum atomic E-state index is 12.0. The van der Waals surface area contributed by atoms with Gasteiger partial charge in [-0.15, -0.1) is 0 Å². The molecule has 0 fully saturated rings. The fourth-order valence-electron chi connectivity index (χ4n) is 3.46. The topological polar surface area (TPSA) is 70.7 Å². The van der Waals surface area contributed by atoms with Gasteiger partial charge in [0.15, 0.2) is 0 Å². The van der Waals surface area contributed by atoms with Gasteiger partial charge in [-0.05, 0) is 29.7 Å². The smallest absolute Gasteiger partial charge is 0.275 e. The van der Waals surface area contributed by atoms with Crippen LogP contribution in [0.15, 0.2) is 96.1 Å². The molecular weight excluding hydrogens is 360 g/mol. The molecule has 0 bridgehead atoms. The van der Waals surface area contributed by atoms with E-state index >= 15 is 0 Å². The molecule has 29 heavy (non-hydrogen) atoms. The molecule has 2 N–H and O–H groups in total. The summed E-state index contributed by atoms with van der Waals surface area (Å²) < 4.78 is 0. The summed E-state index contributed by atoms with van der Waals surface area (Å²) in [5.74, 6) is 0.740. The molecule has 2 aromatic carbocycles. The Labute approximate surface area is 169 Å². The molecule has 2 heterocycles. The van der Waals surface area contributed by atoms with Crippen molar-refractivity contribution in [3.63, 3.8) is 0 Å². The van der Waals surface area contributed by atoms with E-state index < -0.39 is 0 Å². The molecule has 5 nitrogen and oxygen atoms in total. The Kier molecular flexibility index (Phi) is 5.76. The Hall–Kier alpha value is -3.73. The second-order valence-electron chi connectivity index (χ2n) is 6.81. The Bertz CT molecular complexity index is 1060. The lowest BCUT2D eigenvalue weighted by molar-refractivity contribution is 0.740. The summed E-state index contributed by atoms with van der Waals surface area (Å²) in [6, 6.07) is 26.2. The second-order valence-corrected chi connectivity index (χ2v) is 6.81. The molecule has 2 aromatic heterocycles. The van der Waals surface area contributed by atoms with Crippen molar-refractivity contribution in [3.8, 4) is 11.3 Å². The zero-order valence-electron chi connectivity index (χ0n) is 16.0.